The fourth-order valence-electron chi connectivity index (χ4n) is 2.22. The highest BCUT2D eigenvalue weighted by Gasteiger charge is 2.12. The molecule has 2 N–H and O–H groups in total. The molecule has 0 spiro atoms. The van der Waals surface area contributed by atoms with Crippen LogP contribution in [-0.2, 0) is 9.53 Å². The number of hydrogen-bond acceptors (Lipinski definition) is 3. The van der Waals surface area contributed by atoms with Crippen LogP contribution in [0.25, 0.3) is 0 Å². The van der Waals surface area contributed by atoms with Gasteiger partial charge >= 0.3 is 5.97 Å². The van der Waals surface area contributed by atoms with E-state index in [2.05, 4.69) is 13.8 Å². The van der Waals surface area contributed by atoms with Crippen LogP contribution in [0.5, 0.6) is 0 Å². The number of carbonyl (C=O) groups excluding carboxylic acids is 1. The highest BCUT2D eigenvalue weighted by atomic mass is 16.5. The van der Waals surface area contributed by atoms with E-state index in [0.29, 0.717) is 6.42 Å². The first-order chi connectivity index (χ1) is 9.24. The molecule has 3 nitrogen and oxygen atoms in total. The number of ether oxygens (including phenoxy) is 1. The van der Waals surface area contributed by atoms with Crippen molar-refractivity contribution in [3.05, 3.63) is 0 Å². The molecule has 0 aromatic rings. The second-order valence-corrected chi connectivity index (χ2v) is 5.35. The minimum atomic E-state index is -0.0114. The molecular weight excluding hydrogens is 238 g/mol. The van der Waals surface area contributed by atoms with Crippen LogP contribution in [0.1, 0.15) is 84.5 Å². The molecule has 0 aliphatic heterocycles. The zero-order chi connectivity index (χ0) is 14.3. The molecule has 0 amide bonds. The molecule has 1 unspecified atom stereocenters. The highest BCUT2D eigenvalue weighted by Crippen LogP contribution is 2.14. The summed E-state index contributed by atoms with van der Waals surface area (Å²) in [5.74, 6) is -0.0114. The van der Waals surface area contributed by atoms with Crippen molar-refractivity contribution >= 4 is 5.97 Å². The number of esters is 1. The Morgan fingerprint density at radius 3 is 2.32 bits per heavy atom. The summed E-state index contributed by atoms with van der Waals surface area (Å²) in [6.45, 7) is 5.09. The summed E-state index contributed by atoms with van der Waals surface area (Å²) in [4.78, 5) is 11.7. The van der Waals surface area contributed by atoms with E-state index in [1.54, 1.807) is 0 Å². The molecule has 0 fully saturated rings. The number of rotatable bonds is 13. The second kappa shape index (κ2) is 13.9. The lowest BCUT2D eigenvalue weighted by molar-refractivity contribution is -0.150. The maximum atomic E-state index is 11.7. The predicted octanol–water partition coefficient (Wildman–Crippen LogP) is 4.19. The largest absolute Gasteiger partial charge is 0.462 e. The van der Waals surface area contributed by atoms with Gasteiger partial charge in [0.15, 0.2) is 0 Å². The molecule has 0 aliphatic rings. The van der Waals surface area contributed by atoms with Crippen molar-refractivity contribution in [1.29, 1.82) is 0 Å². The van der Waals surface area contributed by atoms with Gasteiger partial charge in [0.2, 0.25) is 0 Å². The molecular formula is C16H33NO2. The first-order valence-corrected chi connectivity index (χ1v) is 8.14. The van der Waals surface area contributed by atoms with E-state index in [1.165, 1.54) is 19.3 Å². The van der Waals surface area contributed by atoms with Gasteiger partial charge in [-0.15, -0.1) is 0 Å². The fourth-order valence-corrected chi connectivity index (χ4v) is 2.22. The summed E-state index contributed by atoms with van der Waals surface area (Å²) in [6, 6.07) is 0. The molecule has 114 valence electrons. The summed E-state index contributed by atoms with van der Waals surface area (Å²) < 4.78 is 5.58. The minimum absolute atomic E-state index is 0.0114. The molecule has 0 saturated carbocycles. The number of carbonyl (C=O) groups is 1. The Kier molecular flexibility index (Phi) is 13.4. The van der Waals surface area contributed by atoms with Gasteiger partial charge in [0.25, 0.3) is 0 Å². The van der Waals surface area contributed by atoms with Crippen LogP contribution >= 0.6 is 0 Å². The first kappa shape index (κ1) is 18.4. The van der Waals surface area contributed by atoms with Crippen LogP contribution in [0, 0.1) is 0 Å². The third-order valence-electron chi connectivity index (χ3n) is 3.37. The summed E-state index contributed by atoms with van der Waals surface area (Å²) in [7, 11) is 0. The molecule has 0 heterocycles. The van der Waals surface area contributed by atoms with E-state index < -0.39 is 0 Å². The van der Waals surface area contributed by atoms with Gasteiger partial charge in [-0.05, 0) is 38.6 Å². The van der Waals surface area contributed by atoms with Gasteiger partial charge in [0.05, 0.1) is 0 Å². The number of hydrogen-bond donors (Lipinski definition) is 1. The van der Waals surface area contributed by atoms with Crippen molar-refractivity contribution in [2.45, 2.75) is 90.6 Å². The maximum absolute atomic E-state index is 11.7. The fraction of sp³-hybridized carbons (Fsp3) is 0.938. The second-order valence-electron chi connectivity index (χ2n) is 5.35. The standard InChI is InChI=1S/C16H33NO2/c1-3-5-8-12-15(11-4-2)19-16(18)13-9-6-7-10-14-17/h15H,3-14,17H2,1-2H3. The van der Waals surface area contributed by atoms with Gasteiger partial charge in [-0.1, -0.05) is 46.0 Å². The van der Waals surface area contributed by atoms with Gasteiger partial charge in [0, 0.05) is 6.42 Å². The Hall–Kier alpha value is -0.570. The lowest BCUT2D eigenvalue weighted by Gasteiger charge is -2.17. The lowest BCUT2D eigenvalue weighted by atomic mass is 10.1. The topological polar surface area (TPSA) is 52.3 Å². The van der Waals surface area contributed by atoms with E-state index >= 15 is 0 Å². The maximum Gasteiger partial charge on any atom is 0.306 e. The van der Waals surface area contributed by atoms with Crippen molar-refractivity contribution in [2.75, 3.05) is 6.54 Å². The molecule has 0 rings (SSSR count). The zero-order valence-electron chi connectivity index (χ0n) is 13.0. The molecule has 0 aromatic carbocycles. The van der Waals surface area contributed by atoms with Crippen molar-refractivity contribution in [3.8, 4) is 0 Å². The quantitative estimate of drug-likeness (QED) is 0.404. The number of nitrogens with two attached hydrogens (primary N) is 1. The van der Waals surface area contributed by atoms with Crippen LogP contribution in [0.2, 0.25) is 0 Å². The van der Waals surface area contributed by atoms with Gasteiger partial charge in [-0.25, -0.2) is 0 Å². The molecule has 0 radical (unpaired) electrons. The number of unbranched alkanes of at least 4 members (excludes halogenated alkanes) is 5. The van der Waals surface area contributed by atoms with Crippen LogP contribution < -0.4 is 5.73 Å². The Morgan fingerprint density at radius 1 is 0.947 bits per heavy atom. The van der Waals surface area contributed by atoms with Gasteiger partial charge in [0.1, 0.15) is 6.10 Å². The highest BCUT2D eigenvalue weighted by molar-refractivity contribution is 5.69. The first-order valence-electron chi connectivity index (χ1n) is 8.14. The Morgan fingerprint density at radius 2 is 1.68 bits per heavy atom. The van der Waals surface area contributed by atoms with E-state index in [4.69, 9.17) is 10.5 Å². The van der Waals surface area contributed by atoms with Gasteiger partial charge < -0.3 is 10.5 Å². The van der Waals surface area contributed by atoms with Crippen LogP contribution in [-0.4, -0.2) is 18.6 Å². The smallest absolute Gasteiger partial charge is 0.306 e. The van der Waals surface area contributed by atoms with E-state index in [1.807, 2.05) is 0 Å². The van der Waals surface area contributed by atoms with Crippen molar-refractivity contribution < 1.29 is 9.53 Å². The molecule has 1 atom stereocenters. The summed E-state index contributed by atoms with van der Waals surface area (Å²) in [6.07, 6.45) is 11.7. The van der Waals surface area contributed by atoms with Crippen LogP contribution in [0.3, 0.4) is 0 Å². The molecule has 0 bridgehead atoms. The molecule has 0 saturated heterocycles. The monoisotopic (exact) mass is 271 g/mol. The van der Waals surface area contributed by atoms with Crippen LogP contribution in [0.4, 0.5) is 0 Å². The van der Waals surface area contributed by atoms with Crippen LogP contribution in [0.15, 0.2) is 0 Å². The summed E-state index contributed by atoms with van der Waals surface area (Å²) >= 11 is 0. The van der Waals surface area contributed by atoms with Gasteiger partial charge in [-0.3, -0.25) is 4.79 Å². The third kappa shape index (κ3) is 12.2. The van der Waals surface area contributed by atoms with E-state index in [9.17, 15) is 4.79 Å². The van der Waals surface area contributed by atoms with Crippen molar-refractivity contribution in [1.82, 2.24) is 0 Å². The van der Waals surface area contributed by atoms with E-state index in [0.717, 1.165) is 51.5 Å². The Labute approximate surface area is 119 Å². The average molecular weight is 271 g/mol. The molecule has 0 aliphatic carbocycles. The minimum Gasteiger partial charge on any atom is -0.462 e. The zero-order valence-corrected chi connectivity index (χ0v) is 13.0. The molecule has 3 heteroatoms. The Balaban J connectivity index is 3.70. The van der Waals surface area contributed by atoms with Crippen molar-refractivity contribution in [2.24, 2.45) is 5.73 Å². The summed E-state index contributed by atoms with van der Waals surface area (Å²) in [5.41, 5.74) is 5.44. The Bertz CT molecular complexity index is 207. The van der Waals surface area contributed by atoms with Gasteiger partial charge in [-0.2, -0.15) is 0 Å². The van der Waals surface area contributed by atoms with E-state index in [-0.39, 0.29) is 12.1 Å². The lowest BCUT2D eigenvalue weighted by Crippen LogP contribution is -2.18. The molecule has 19 heavy (non-hydrogen) atoms. The third-order valence-corrected chi connectivity index (χ3v) is 3.37. The SMILES string of the molecule is CCCCCC(CCC)OC(=O)CCCCCCN. The predicted molar refractivity (Wildman–Crippen MR) is 81.1 cm³/mol. The normalized spacial score (nSPS) is 12.4. The van der Waals surface area contributed by atoms with Crippen molar-refractivity contribution in [3.63, 3.8) is 0 Å². The average Bonchev–Trinajstić information content (AvgIpc) is 2.39. The summed E-state index contributed by atoms with van der Waals surface area (Å²) in [5, 5.41) is 0. The molecule has 0 aromatic heterocycles.